The Balaban J connectivity index is 2.04. The maximum Gasteiger partial charge on any atom is 0.412 e. The van der Waals surface area contributed by atoms with Crippen LogP contribution in [0.5, 0.6) is 0 Å². The third kappa shape index (κ3) is 3.97. The van der Waals surface area contributed by atoms with Crippen LogP contribution in [0, 0.1) is 0 Å². The zero-order valence-corrected chi connectivity index (χ0v) is 13.2. The average Bonchev–Trinajstić information content (AvgIpc) is 2.87. The number of carbonyl (C=O) groups excluding carboxylic acids is 1. The molecule has 0 spiro atoms. The van der Waals surface area contributed by atoms with Crippen LogP contribution in [0.15, 0.2) is 24.3 Å². The topological polar surface area (TPSA) is 64.3 Å². The molecule has 1 aliphatic rings. The molecule has 1 aromatic rings. The lowest BCUT2D eigenvalue weighted by molar-refractivity contribution is 0.0636. The summed E-state index contributed by atoms with van der Waals surface area (Å²) in [7, 11) is 0. The predicted octanol–water partition coefficient (Wildman–Crippen LogP) is 3.80. The number of anilines is 1. The molecule has 1 aliphatic carbocycles. The summed E-state index contributed by atoms with van der Waals surface area (Å²) in [5.41, 5.74) is 7.66. The highest BCUT2D eigenvalue weighted by Crippen LogP contribution is 2.40. The Morgan fingerprint density at radius 2 is 1.81 bits per heavy atom. The van der Waals surface area contributed by atoms with Crippen molar-refractivity contribution in [1.82, 2.24) is 0 Å². The van der Waals surface area contributed by atoms with Crippen LogP contribution in [0.3, 0.4) is 0 Å². The van der Waals surface area contributed by atoms with Crippen LogP contribution in [0.2, 0.25) is 0 Å². The van der Waals surface area contributed by atoms with Gasteiger partial charge in [-0.05, 0) is 51.3 Å². The minimum absolute atomic E-state index is 0.129. The van der Waals surface area contributed by atoms with Crippen molar-refractivity contribution in [2.75, 3.05) is 11.9 Å². The number of amides is 1. The second kappa shape index (κ2) is 6.06. The minimum atomic E-state index is -0.489. The second-order valence-corrected chi connectivity index (χ2v) is 6.90. The molecule has 1 fully saturated rings. The van der Waals surface area contributed by atoms with Gasteiger partial charge in [-0.2, -0.15) is 0 Å². The van der Waals surface area contributed by atoms with E-state index in [0.717, 1.165) is 18.5 Å². The first-order valence-electron chi connectivity index (χ1n) is 7.65. The van der Waals surface area contributed by atoms with Crippen molar-refractivity contribution in [2.24, 2.45) is 5.73 Å². The number of hydrogen-bond donors (Lipinski definition) is 2. The fourth-order valence-electron chi connectivity index (χ4n) is 2.99. The smallest absolute Gasteiger partial charge is 0.412 e. The van der Waals surface area contributed by atoms with Crippen LogP contribution in [-0.4, -0.2) is 18.2 Å². The Hall–Kier alpha value is -1.55. The number of hydrogen-bond acceptors (Lipinski definition) is 3. The standard InChI is InChI=1S/C17H26N2O2/c1-16(2,3)21-15(20)19-14-8-6-13(7-9-14)17(12-18)10-4-5-11-17/h6-9H,4-5,10-12,18H2,1-3H3,(H,19,20). The molecule has 0 atom stereocenters. The van der Waals surface area contributed by atoms with E-state index in [9.17, 15) is 4.79 Å². The Kier molecular flexibility index (Phi) is 4.57. The molecule has 4 nitrogen and oxygen atoms in total. The van der Waals surface area contributed by atoms with E-state index < -0.39 is 11.7 Å². The lowest BCUT2D eigenvalue weighted by atomic mass is 9.79. The molecule has 0 radical (unpaired) electrons. The maximum atomic E-state index is 11.7. The monoisotopic (exact) mass is 290 g/mol. The lowest BCUT2D eigenvalue weighted by Gasteiger charge is -2.28. The molecule has 0 bridgehead atoms. The van der Waals surface area contributed by atoms with E-state index in [0.29, 0.717) is 6.54 Å². The molecule has 0 saturated heterocycles. The highest BCUT2D eigenvalue weighted by Gasteiger charge is 2.34. The van der Waals surface area contributed by atoms with Gasteiger partial charge in [0, 0.05) is 17.6 Å². The molecule has 0 heterocycles. The molecule has 0 unspecified atom stereocenters. The van der Waals surface area contributed by atoms with Gasteiger partial charge in [-0.1, -0.05) is 25.0 Å². The fraction of sp³-hybridized carbons (Fsp3) is 0.588. The van der Waals surface area contributed by atoms with Crippen molar-refractivity contribution >= 4 is 11.8 Å². The molecular weight excluding hydrogens is 264 g/mol. The SMILES string of the molecule is CC(C)(C)OC(=O)Nc1ccc(C2(CN)CCCC2)cc1. The molecule has 4 heteroatoms. The van der Waals surface area contributed by atoms with E-state index >= 15 is 0 Å². The van der Waals surface area contributed by atoms with E-state index in [-0.39, 0.29) is 5.41 Å². The summed E-state index contributed by atoms with van der Waals surface area (Å²) < 4.78 is 5.24. The summed E-state index contributed by atoms with van der Waals surface area (Å²) in [5, 5.41) is 2.75. The van der Waals surface area contributed by atoms with Crippen molar-refractivity contribution in [3.8, 4) is 0 Å². The molecule has 0 aromatic heterocycles. The summed E-state index contributed by atoms with van der Waals surface area (Å²) in [6.07, 6.45) is 4.37. The summed E-state index contributed by atoms with van der Waals surface area (Å²) in [6, 6.07) is 8.00. The quantitative estimate of drug-likeness (QED) is 0.889. The third-order valence-electron chi connectivity index (χ3n) is 4.09. The van der Waals surface area contributed by atoms with E-state index in [1.165, 1.54) is 18.4 Å². The highest BCUT2D eigenvalue weighted by molar-refractivity contribution is 5.84. The second-order valence-electron chi connectivity index (χ2n) is 6.90. The van der Waals surface area contributed by atoms with E-state index in [4.69, 9.17) is 10.5 Å². The van der Waals surface area contributed by atoms with E-state index in [2.05, 4.69) is 17.4 Å². The van der Waals surface area contributed by atoms with Gasteiger partial charge in [0.05, 0.1) is 0 Å². The molecule has 3 N–H and O–H groups in total. The van der Waals surface area contributed by atoms with Gasteiger partial charge in [0.25, 0.3) is 0 Å². The third-order valence-corrected chi connectivity index (χ3v) is 4.09. The molecule has 116 valence electrons. The van der Waals surface area contributed by atoms with Crippen molar-refractivity contribution in [2.45, 2.75) is 57.5 Å². The van der Waals surface area contributed by atoms with E-state index in [1.807, 2.05) is 32.9 Å². The van der Waals surface area contributed by atoms with Gasteiger partial charge < -0.3 is 10.5 Å². The van der Waals surface area contributed by atoms with Crippen LogP contribution in [-0.2, 0) is 10.2 Å². The number of carbonyl (C=O) groups is 1. The molecule has 1 saturated carbocycles. The molecule has 0 aliphatic heterocycles. The normalized spacial score (nSPS) is 17.5. The first-order chi connectivity index (χ1) is 9.85. The molecular formula is C17H26N2O2. The number of rotatable bonds is 3. The summed E-state index contributed by atoms with van der Waals surface area (Å²) in [6.45, 7) is 6.23. The van der Waals surface area contributed by atoms with Gasteiger partial charge in [-0.15, -0.1) is 0 Å². The molecule has 2 rings (SSSR count). The van der Waals surface area contributed by atoms with Gasteiger partial charge in [0.1, 0.15) is 5.60 Å². The Labute approximate surface area is 127 Å². The van der Waals surface area contributed by atoms with Crippen LogP contribution >= 0.6 is 0 Å². The van der Waals surface area contributed by atoms with Gasteiger partial charge in [0.2, 0.25) is 0 Å². The van der Waals surface area contributed by atoms with E-state index in [1.54, 1.807) is 0 Å². The number of ether oxygens (including phenoxy) is 1. The van der Waals surface area contributed by atoms with Crippen molar-refractivity contribution in [3.05, 3.63) is 29.8 Å². The Morgan fingerprint density at radius 3 is 2.29 bits per heavy atom. The highest BCUT2D eigenvalue weighted by atomic mass is 16.6. The van der Waals surface area contributed by atoms with Gasteiger partial charge in [-0.3, -0.25) is 5.32 Å². The van der Waals surface area contributed by atoms with Crippen molar-refractivity contribution in [1.29, 1.82) is 0 Å². The van der Waals surface area contributed by atoms with Gasteiger partial charge in [-0.25, -0.2) is 4.79 Å². The maximum absolute atomic E-state index is 11.7. The summed E-state index contributed by atoms with van der Waals surface area (Å²) in [5.74, 6) is 0. The average molecular weight is 290 g/mol. The van der Waals surface area contributed by atoms with Crippen LogP contribution in [0.1, 0.15) is 52.0 Å². The predicted molar refractivity (Wildman–Crippen MR) is 85.5 cm³/mol. The first kappa shape index (κ1) is 15.8. The molecule has 1 aromatic carbocycles. The number of nitrogens with one attached hydrogen (secondary N) is 1. The zero-order valence-electron chi connectivity index (χ0n) is 13.2. The summed E-state index contributed by atoms with van der Waals surface area (Å²) in [4.78, 5) is 11.7. The van der Waals surface area contributed by atoms with Crippen molar-refractivity contribution in [3.63, 3.8) is 0 Å². The Morgan fingerprint density at radius 1 is 1.24 bits per heavy atom. The van der Waals surface area contributed by atoms with Crippen LogP contribution in [0.25, 0.3) is 0 Å². The molecule has 21 heavy (non-hydrogen) atoms. The summed E-state index contributed by atoms with van der Waals surface area (Å²) >= 11 is 0. The fourth-order valence-corrected chi connectivity index (χ4v) is 2.99. The van der Waals surface area contributed by atoms with Crippen LogP contribution in [0.4, 0.5) is 10.5 Å². The Bertz CT molecular complexity index is 483. The van der Waals surface area contributed by atoms with Crippen LogP contribution < -0.4 is 11.1 Å². The van der Waals surface area contributed by atoms with Gasteiger partial charge in [0.15, 0.2) is 0 Å². The minimum Gasteiger partial charge on any atom is -0.444 e. The zero-order chi connectivity index (χ0) is 15.5. The lowest BCUT2D eigenvalue weighted by Crippen LogP contribution is -2.32. The van der Waals surface area contributed by atoms with Crippen molar-refractivity contribution < 1.29 is 9.53 Å². The number of nitrogens with two attached hydrogens (primary N) is 1. The first-order valence-corrected chi connectivity index (χ1v) is 7.65. The molecule has 1 amide bonds. The number of benzene rings is 1. The van der Waals surface area contributed by atoms with Gasteiger partial charge >= 0.3 is 6.09 Å². The largest absolute Gasteiger partial charge is 0.444 e.